The lowest BCUT2D eigenvalue weighted by Gasteiger charge is -2.34. The summed E-state index contributed by atoms with van der Waals surface area (Å²) in [6.07, 6.45) is 0. The second-order valence-corrected chi connectivity index (χ2v) is 8.17. The molecule has 0 bridgehead atoms. The van der Waals surface area contributed by atoms with Crippen LogP contribution in [0.15, 0.2) is 48.5 Å². The minimum absolute atomic E-state index is 0.125. The zero-order valence-corrected chi connectivity index (χ0v) is 16.8. The van der Waals surface area contributed by atoms with Gasteiger partial charge in [-0.1, -0.05) is 50.2 Å². The van der Waals surface area contributed by atoms with Crippen molar-refractivity contribution < 1.29 is 19.4 Å². The summed E-state index contributed by atoms with van der Waals surface area (Å²) in [5, 5.41) is 21.3. The van der Waals surface area contributed by atoms with Crippen LogP contribution in [0.25, 0.3) is 0 Å². The van der Waals surface area contributed by atoms with E-state index >= 15 is 0 Å². The van der Waals surface area contributed by atoms with Crippen LogP contribution in [0.3, 0.4) is 0 Å². The normalized spacial score (nSPS) is 23.7. The first kappa shape index (κ1) is 18.6. The van der Waals surface area contributed by atoms with E-state index in [4.69, 9.17) is 4.74 Å². The first-order valence-electron chi connectivity index (χ1n) is 9.82. The van der Waals surface area contributed by atoms with Gasteiger partial charge in [0, 0.05) is 22.4 Å². The quantitative estimate of drug-likeness (QED) is 0.624. The van der Waals surface area contributed by atoms with E-state index in [1.807, 2.05) is 26.0 Å². The number of fused-ring (bicyclic) bond motifs is 5. The predicted molar refractivity (Wildman–Crippen MR) is 108 cm³/mol. The first-order valence-corrected chi connectivity index (χ1v) is 9.82. The van der Waals surface area contributed by atoms with E-state index in [9.17, 15) is 14.7 Å². The van der Waals surface area contributed by atoms with Crippen molar-refractivity contribution in [2.75, 3.05) is 0 Å². The first-order chi connectivity index (χ1) is 14.3. The maximum Gasteiger partial charge on any atom is 0.273 e. The summed E-state index contributed by atoms with van der Waals surface area (Å²) < 4.78 is 6.04. The van der Waals surface area contributed by atoms with Crippen molar-refractivity contribution in [3.8, 4) is 5.75 Å². The zero-order chi connectivity index (χ0) is 21.3. The average molecular weight is 403 g/mol. The fraction of sp³-hybridized carbons (Fsp3) is 0.261. The Balaban J connectivity index is 1.72. The lowest BCUT2D eigenvalue weighted by molar-refractivity contribution is -0.169. The summed E-state index contributed by atoms with van der Waals surface area (Å²) in [4.78, 5) is 26.7. The third-order valence-electron chi connectivity index (χ3n) is 5.96. The van der Waals surface area contributed by atoms with Gasteiger partial charge in [-0.25, -0.2) is 0 Å². The van der Waals surface area contributed by atoms with Crippen molar-refractivity contribution in [1.29, 1.82) is 0 Å². The molecule has 152 valence electrons. The van der Waals surface area contributed by atoms with Gasteiger partial charge in [0.1, 0.15) is 11.4 Å². The number of hydrogen-bond acceptors (Lipinski definition) is 5. The number of aromatic nitrogens is 2. The maximum absolute atomic E-state index is 13.7. The number of carbonyl (C=O) groups is 2. The molecule has 5 rings (SSSR count). The van der Waals surface area contributed by atoms with Gasteiger partial charge in [-0.05, 0) is 30.5 Å². The van der Waals surface area contributed by atoms with Crippen LogP contribution in [0.4, 0.5) is 0 Å². The van der Waals surface area contributed by atoms with Gasteiger partial charge in [-0.15, -0.1) is 0 Å². The van der Waals surface area contributed by atoms with E-state index in [1.54, 1.807) is 43.3 Å². The van der Waals surface area contributed by atoms with Gasteiger partial charge in [-0.3, -0.25) is 14.7 Å². The number of aryl methyl sites for hydroxylation is 1. The summed E-state index contributed by atoms with van der Waals surface area (Å²) in [6.45, 7) is 5.87. The second-order valence-electron chi connectivity index (χ2n) is 8.17. The Bertz CT molecular complexity index is 1210. The molecule has 2 unspecified atom stereocenters. The average Bonchev–Trinajstić information content (AvgIpc) is 3.32. The van der Waals surface area contributed by atoms with Crippen molar-refractivity contribution in [3.05, 3.63) is 82.2 Å². The number of Topliss-reactive ketones (excluding diaryl/α,β-unsaturated/α-hetero) is 1. The van der Waals surface area contributed by atoms with Crippen LogP contribution in [0, 0.1) is 6.92 Å². The van der Waals surface area contributed by atoms with Gasteiger partial charge in [0.05, 0.1) is 0 Å². The molecule has 2 atom stereocenters. The van der Waals surface area contributed by atoms with Crippen LogP contribution < -0.4 is 10.1 Å². The number of ether oxygens (including phenoxy) is 1. The molecule has 0 spiro atoms. The molecule has 2 heterocycles. The molecule has 0 radical (unpaired) electrons. The number of rotatable bonds is 3. The van der Waals surface area contributed by atoms with E-state index in [-0.39, 0.29) is 11.6 Å². The highest BCUT2D eigenvalue weighted by Gasteiger charge is 2.71. The standard InChI is InChI=1S/C23H21N3O4/c1-12(2)14-8-9-17-19(11-14)30-23(29)16-7-5-4-6-15(16)20(27)22(17,23)24-21(28)18-10-13(3)25-26-18/h4-12,29H,1-3H3,(H,24,28)(H,25,26). The van der Waals surface area contributed by atoms with Crippen LogP contribution >= 0.6 is 0 Å². The molecule has 2 aliphatic rings. The molecule has 1 aliphatic heterocycles. The smallest absolute Gasteiger partial charge is 0.273 e. The molecule has 1 aliphatic carbocycles. The Morgan fingerprint density at radius 2 is 1.93 bits per heavy atom. The number of amides is 1. The maximum atomic E-state index is 13.7. The fourth-order valence-corrected chi connectivity index (χ4v) is 4.40. The molecule has 7 nitrogen and oxygen atoms in total. The van der Waals surface area contributed by atoms with Crippen LogP contribution in [-0.2, 0) is 11.3 Å². The summed E-state index contributed by atoms with van der Waals surface area (Å²) >= 11 is 0. The highest BCUT2D eigenvalue weighted by Crippen LogP contribution is 2.58. The van der Waals surface area contributed by atoms with Gasteiger partial charge in [0.15, 0.2) is 0 Å². The highest BCUT2D eigenvalue weighted by atomic mass is 16.6. The van der Waals surface area contributed by atoms with Gasteiger partial charge in [0.25, 0.3) is 11.7 Å². The van der Waals surface area contributed by atoms with Crippen LogP contribution in [0.5, 0.6) is 5.75 Å². The van der Waals surface area contributed by atoms with Crippen LogP contribution in [0.2, 0.25) is 0 Å². The Morgan fingerprint density at radius 1 is 1.17 bits per heavy atom. The Labute approximate surface area is 173 Å². The van der Waals surface area contributed by atoms with Gasteiger partial charge in [-0.2, -0.15) is 5.10 Å². The minimum Gasteiger partial charge on any atom is -0.454 e. The minimum atomic E-state index is -2.06. The summed E-state index contributed by atoms with van der Waals surface area (Å²) in [6, 6.07) is 13.8. The van der Waals surface area contributed by atoms with Gasteiger partial charge < -0.3 is 15.2 Å². The number of aromatic amines is 1. The van der Waals surface area contributed by atoms with Crippen LogP contribution in [0.1, 0.15) is 63.0 Å². The summed E-state index contributed by atoms with van der Waals surface area (Å²) in [5.74, 6) is -2.44. The van der Waals surface area contributed by atoms with E-state index in [1.165, 1.54) is 0 Å². The molecule has 3 N–H and O–H groups in total. The number of ketones is 1. The molecular weight excluding hydrogens is 382 g/mol. The lowest BCUT2D eigenvalue weighted by Crippen LogP contribution is -2.60. The number of aliphatic hydroxyl groups is 1. The molecule has 0 fully saturated rings. The molecule has 3 aromatic rings. The summed E-state index contributed by atoms with van der Waals surface area (Å²) in [7, 11) is 0. The third kappa shape index (κ3) is 2.21. The summed E-state index contributed by atoms with van der Waals surface area (Å²) in [5.41, 5.74) is 1.11. The van der Waals surface area contributed by atoms with E-state index in [0.717, 1.165) is 5.56 Å². The number of H-pyrrole nitrogens is 1. The topological polar surface area (TPSA) is 104 Å². The Morgan fingerprint density at radius 3 is 2.63 bits per heavy atom. The van der Waals surface area contributed by atoms with Crippen molar-refractivity contribution in [2.24, 2.45) is 0 Å². The zero-order valence-electron chi connectivity index (χ0n) is 16.8. The number of nitrogens with zero attached hydrogens (tertiary/aromatic N) is 1. The molecular formula is C23H21N3O4. The van der Waals surface area contributed by atoms with E-state index in [0.29, 0.717) is 28.1 Å². The fourth-order valence-electron chi connectivity index (χ4n) is 4.40. The lowest BCUT2D eigenvalue weighted by atomic mass is 9.82. The molecule has 1 amide bonds. The van der Waals surface area contributed by atoms with Gasteiger partial charge >= 0.3 is 0 Å². The number of nitrogens with one attached hydrogen (secondary N) is 2. The van der Waals surface area contributed by atoms with Gasteiger partial charge in [0.2, 0.25) is 11.3 Å². The largest absolute Gasteiger partial charge is 0.454 e. The van der Waals surface area contributed by atoms with E-state index in [2.05, 4.69) is 15.5 Å². The monoisotopic (exact) mass is 403 g/mol. The highest BCUT2D eigenvalue weighted by molar-refractivity contribution is 6.13. The molecule has 0 saturated carbocycles. The number of hydrogen-bond donors (Lipinski definition) is 3. The van der Waals surface area contributed by atoms with E-state index < -0.39 is 23.0 Å². The SMILES string of the molecule is Cc1cc(C(=O)NC23C(=O)c4ccccc4C2(O)Oc2cc(C(C)C)ccc23)n[nH]1. The molecule has 30 heavy (non-hydrogen) atoms. The predicted octanol–water partition coefficient (Wildman–Crippen LogP) is 2.90. The van der Waals surface area contributed by atoms with Crippen LogP contribution in [-0.4, -0.2) is 27.0 Å². The second kappa shape index (κ2) is 6.03. The third-order valence-corrected chi connectivity index (χ3v) is 5.96. The van der Waals surface area contributed by atoms with Crippen molar-refractivity contribution in [1.82, 2.24) is 15.5 Å². The Kier molecular flexibility index (Phi) is 3.73. The molecule has 2 aromatic carbocycles. The van der Waals surface area contributed by atoms with Crippen molar-refractivity contribution in [2.45, 2.75) is 38.0 Å². The molecule has 7 heteroatoms. The number of carbonyl (C=O) groups excluding carboxylic acids is 2. The molecule has 0 saturated heterocycles. The number of benzene rings is 2. The van der Waals surface area contributed by atoms with Crippen molar-refractivity contribution in [3.63, 3.8) is 0 Å². The Hall–Kier alpha value is -3.45. The van der Waals surface area contributed by atoms with Crippen molar-refractivity contribution >= 4 is 11.7 Å². The molecule has 1 aromatic heterocycles.